The maximum atomic E-state index is 12.1. The number of carbonyl (C=O) groups excluding carboxylic acids is 1. The monoisotopic (exact) mass is 263 g/mol. The van der Waals surface area contributed by atoms with Crippen LogP contribution in [0.1, 0.15) is 26.7 Å². The Labute approximate surface area is 114 Å². The number of ether oxygens (including phenoxy) is 2. The SMILES string of the molecule is CCOC(=O)C(Nc1ccccc1)C1CCC(C)O1. The first-order chi connectivity index (χ1) is 9.20. The third kappa shape index (κ3) is 3.70. The molecule has 1 fully saturated rings. The first kappa shape index (κ1) is 13.9. The molecule has 2 rings (SSSR count). The van der Waals surface area contributed by atoms with Crippen molar-refractivity contribution in [3.63, 3.8) is 0 Å². The molecule has 104 valence electrons. The van der Waals surface area contributed by atoms with Crippen LogP contribution in [0.3, 0.4) is 0 Å². The number of anilines is 1. The Bertz CT molecular complexity index is 407. The summed E-state index contributed by atoms with van der Waals surface area (Å²) in [7, 11) is 0. The Hall–Kier alpha value is -1.55. The van der Waals surface area contributed by atoms with E-state index >= 15 is 0 Å². The lowest BCUT2D eigenvalue weighted by molar-refractivity contribution is -0.147. The summed E-state index contributed by atoms with van der Waals surface area (Å²) in [5, 5.41) is 3.23. The molecule has 1 heterocycles. The summed E-state index contributed by atoms with van der Waals surface area (Å²) in [5.74, 6) is -0.245. The van der Waals surface area contributed by atoms with Crippen molar-refractivity contribution in [2.45, 2.75) is 44.9 Å². The van der Waals surface area contributed by atoms with Crippen LogP contribution in [-0.4, -0.2) is 30.8 Å². The molecule has 3 unspecified atom stereocenters. The van der Waals surface area contributed by atoms with Crippen molar-refractivity contribution < 1.29 is 14.3 Å². The lowest BCUT2D eigenvalue weighted by atomic mass is 10.1. The van der Waals surface area contributed by atoms with E-state index in [-0.39, 0.29) is 18.2 Å². The Morgan fingerprint density at radius 1 is 1.42 bits per heavy atom. The van der Waals surface area contributed by atoms with E-state index in [1.807, 2.05) is 44.2 Å². The van der Waals surface area contributed by atoms with E-state index in [1.165, 1.54) is 0 Å². The van der Waals surface area contributed by atoms with Gasteiger partial charge in [0, 0.05) is 5.69 Å². The summed E-state index contributed by atoms with van der Waals surface area (Å²) in [6.07, 6.45) is 1.95. The quantitative estimate of drug-likeness (QED) is 0.830. The van der Waals surface area contributed by atoms with Crippen LogP contribution >= 0.6 is 0 Å². The lowest BCUT2D eigenvalue weighted by Gasteiger charge is -2.24. The molecule has 0 bridgehead atoms. The Balaban J connectivity index is 2.08. The van der Waals surface area contributed by atoms with Crippen LogP contribution < -0.4 is 5.32 Å². The predicted molar refractivity (Wildman–Crippen MR) is 74.1 cm³/mol. The Morgan fingerprint density at radius 2 is 2.16 bits per heavy atom. The zero-order valence-corrected chi connectivity index (χ0v) is 11.5. The van der Waals surface area contributed by atoms with Crippen LogP contribution in [0.4, 0.5) is 5.69 Å². The van der Waals surface area contributed by atoms with E-state index in [2.05, 4.69) is 5.32 Å². The van der Waals surface area contributed by atoms with Gasteiger partial charge < -0.3 is 14.8 Å². The number of benzene rings is 1. The standard InChI is InChI=1S/C15H21NO3/c1-3-18-15(17)14(13-10-9-11(2)19-13)16-12-7-5-4-6-8-12/h4-8,11,13-14,16H,3,9-10H2,1-2H3. The fourth-order valence-electron chi connectivity index (χ4n) is 2.33. The van der Waals surface area contributed by atoms with E-state index in [9.17, 15) is 4.79 Å². The van der Waals surface area contributed by atoms with E-state index < -0.39 is 6.04 Å². The predicted octanol–water partition coefficient (Wildman–Crippen LogP) is 2.60. The number of hydrogen-bond donors (Lipinski definition) is 1. The van der Waals surface area contributed by atoms with Gasteiger partial charge in [-0.2, -0.15) is 0 Å². The van der Waals surface area contributed by atoms with E-state index in [1.54, 1.807) is 0 Å². The van der Waals surface area contributed by atoms with Gasteiger partial charge in [0.25, 0.3) is 0 Å². The fourth-order valence-corrected chi connectivity index (χ4v) is 2.33. The van der Waals surface area contributed by atoms with Crippen molar-refractivity contribution in [3.05, 3.63) is 30.3 Å². The van der Waals surface area contributed by atoms with Crippen LogP contribution in [0.15, 0.2) is 30.3 Å². The summed E-state index contributed by atoms with van der Waals surface area (Å²) in [6.45, 7) is 4.23. The van der Waals surface area contributed by atoms with Gasteiger partial charge in [0.1, 0.15) is 0 Å². The molecule has 3 atom stereocenters. The van der Waals surface area contributed by atoms with Crippen LogP contribution in [-0.2, 0) is 14.3 Å². The molecule has 1 aromatic rings. The van der Waals surface area contributed by atoms with Crippen LogP contribution in [0, 0.1) is 0 Å². The molecule has 0 amide bonds. The van der Waals surface area contributed by atoms with Crippen LogP contribution in [0.5, 0.6) is 0 Å². The molecule has 1 aromatic carbocycles. The van der Waals surface area contributed by atoms with Crippen LogP contribution in [0.25, 0.3) is 0 Å². The number of para-hydroxylation sites is 1. The third-order valence-electron chi connectivity index (χ3n) is 3.27. The average molecular weight is 263 g/mol. The molecular weight excluding hydrogens is 242 g/mol. The summed E-state index contributed by atoms with van der Waals surface area (Å²) in [6, 6.07) is 9.24. The molecule has 19 heavy (non-hydrogen) atoms. The second-order valence-corrected chi connectivity index (χ2v) is 4.80. The van der Waals surface area contributed by atoms with E-state index in [0.29, 0.717) is 6.61 Å². The first-order valence-electron chi connectivity index (χ1n) is 6.84. The van der Waals surface area contributed by atoms with Gasteiger partial charge in [-0.15, -0.1) is 0 Å². The van der Waals surface area contributed by atoms with Gasteiger partial charge >= 0.3 is 5.97 Å². The molecule has 1 aliphatic rings. The summed E-state index contributed by atoms with van der Waals surface area (Å²) < 4.78 is 10.9. The second-order valence-electron chi connectivity index (χ2n) is 4.80. The van der Waals surface area contributed by atoms with Gasteiger partial charge in [0.05, 0.1) is 18.8 Å². The van der Waals surface area contributed by atoms with E-state index in [4.69, 9.17) is 9.47 Å². The van der Waals surface area contributed by atoms with Crippen molar-refractivity contribution in [2.24, 2.45) is 0 Å². The molecular formula is C15H21NO3. The van der Waals surface area contributed by atoms with Crippen molar-refractivity contribution in [1.29, 1.82) is 0 Å². The van der Waals surface area contributed by atoms with Gasteiger partial charge in [0.15, 0.2) is 6.04 Å². The maximum absolute atomic E-state index is 12.1. The number of rotatable bonds is 5. The molecule has 0 aromatic heterocycles. The Kier molecular flexibility index (Phi) is 4.80. The largest absolute Gasteiger partial charge is 0.464 e. The minimum atomic E-state index is -0.438. The number of carbonyl (C=O) groups is 1. The lowest BCUT2D eigenvalue weighted by Crippen LogP contribution is -2.42. The zero-order chi connectivity index (χ0) is 13.7. The second kappa shape index (κ2) is 6.57. The summed E-state index contributed by atoms with van der Waals surface area (Å²) in [5.41, 5.74) is 0.906. The number of hydrogen-bond acceptors (Lipinski definition) is 4. The molecule has 4 heteroatoms. The van der Waals surface area contributed by atoms with Crippen molar-refractivity contribution in [3.8, 4) is 0 Å². The number of nitrogens with one attached hydrogen (secondary N) is 1. The van der Waals surface area contributed by atoms with Crippen LogP contribution in [0.2, 0.25) is 0 Å². The minimum absolute atomic E-state index is 0.116. The van der Waals surface area contributed by atoms with Crippen molar-refractivity contribution in [1.82, 2.24) is 0 Å². The molecule has 0 radical (unpaired) electrons. The zero-order valence-electron chi connectivity index (χ0n) is 11.5. The van der Waals surface area contributed by atoms with Crippen molar-refractivity contribution >= 4 is 11.7 Å². The van der Waals surface area contributed by atoms with Gasteiger partial charge in [-0.1, -0.05) is 18.2 Å². The summed E-state index contributed by atoms with van der Waals surface area (Å²) >= 11 is 0. The highest BCUT2D eigenvalue weighted by molar-refractivity contribution is 5.80. The topological polar surface area (TPSA) is 47.6 Å². The Morgan fingerprint density at radius 3 is 2.74 bits per heavy atom. The van der Waals surface area contributed by atoms with Gasteiger partial charge in [0.2, 0.25) is 0 Å². The molecule has 4 nitrogen and oxygen atoms in total. The highest BCUT2D eigenvalue weighted by Crippen LogP contribution is 2.24. The van der Waals surface area contributed by atoms with Gasteiger partial charge in [-0.25, -0.2) is 4.79 Å². The van der Waals surface area contributed by atoms with Gasteiger partial charge in [-0.05, 0) is 38.8 Å². The average Bonchev–Trinajstić information content (AvgIpc) is 2.84. The first-order valence-corrected chi connectivity index (χ1v) is 6.84. The molecule has 0 aliphatic carbocycles. The smallest absolute Gasteiger partial charge is 0.331 e. The highest BCUT2D eigenvalue weighted by atomic mass is 16.5. The van der Waals surface area contributed by atoms with E-state index in [0.717, 1.165) is 18.5 Å². The fraction of sp³-hybridized carbons (Fsp3) is 0.533. The van der Waals surface area contributed by atoms with Gasteiger partial charge in [-0.3, -0.25) is 0 Å². The minimum Gasteiger partial charge on any atom is -0.464 e. The molecule has 1 N–H and O–H groups in total. The normalized spacial score (nSPS) is 23.9. The molecule has 1 saturated heterocycles. The van der Waals surface area contributed by atoms with Crippen molar-refractivity contribution in [2.75, 3.05) is 11.9 Å². The molecule has 1 aliphatic heterocycles. The molecule has 0 spiro atoms. The molecule has 0 saturated carbocycles. The number of esters is 1. The third-order valence-corrected chi connectivity index (χ3v) is 3.27. The summed E-state index contributed by atoms with van der Waals surface area (Å²) in [4.78, 5) is 12.1. The maximum Gasteiger partial charge on any atom is 0.331 e. The highest BCUT2D eigenvalue weighted by Gasteiger charge is 2.35.